The molecule has 3 aromatic heterocycles. The van der Waals surface area contributed by atoms with E-state index in [2.05, 4.69) is 60.0 Å². The van der Waals surface area contributed by atoms with Crippen LogP contribution in [-0.4, -0.2) is 58.7 Å². The molecule has 0 bridgehead atoms. The van der Waals surface area contributed by atoms with Gasteiger partial charge in [-0.1, -0.05) is 59.8 Å². The Bertz CT molecular complexity index is 2090. The Morgan fingerprint density at radius 3 is 2.38 bits per heavy atom. The lowest BCUT2D eigenvalue weighted by Gasteiger charge is -2.24. The van der Waals surface area contributed by atoms with E-state index in [0.717, 1.165) is 33.4 Å². The van der Waals surface area contributed by atoms with Gasteiger partial charge in [0.15, 0.2) is 11.8 Å². The number of hydrogen-bond donors (Lipinski definition) is 6. The van der Waals surface area contributed by atoms with Crippen molar-refractivity contribution in [2.45, 2.75) is 70.6 Å². The van der Waals surface area contributed by atoms with E-state index in [1.165, 1.54) is 0 Å². The molecule has 0 fully saturated rings. The van der Waals surface area contributed by atoms with Crippen LogP contribution in [-0.2, 0) is 35.4 Å². The smallest absolute Gasteiger partial charge is 0.249 e. The van der Waals surface area contributed by atoms with Gasteiger partial charge in [0, 0.05) is 44.4 Å². The molecular formula is C39H44N10O4. The molecule has 0 unspecified atom stereocenters. The maximum Gasteiger partial charge on any atom is 0.249 e. The van der Waals surface area contributed by atoms with E-state index >= 15 is 0 Å². The quantitative estimate of drug-likeness (QED) is 0.0844. The minimum absolute atomic E-state index is 0.118. The molecule has 6 aromatic rings. The monoisotopic (exact) mass is 716 g/mol. The number of H-pyrrole nitrogens is 1. The summed E-state index contributed by atoms with van der Waals surface area (Å²) < 4.78 is 7.51. The van der Waals surface area contributed by atoms with Crippen LogP contribution in [0.1, 0.15) is 58.5 Å². The van der Waals surface area contributed by atoms with Crippen LogP contribution in [0.4, 0.5) is 5.95 Å². The number of amides is 2. The summed E-state index contributed by atoms with van der Waals surface area (Å²) in [5.74, 6) is 0.218. The van der Waals surface area contributed by atoms with Gasteiger partial charge in [0.05, 0.1) is 18.1 Å². The number of phenols is 1. The number of nitrogens with two attached hydrogens (primary N) is 2. The number of aromatic hydroxyl groups is 1. The first kappa shape index (κ1) is 36.5. The van der Waals surface area contributed by atoms with Crippen LogP contribution in [0.5, 0.6) is 5.75 Å². The predicted molar refractivity (Wildman–Crippen MR) is 199 cm³/mol. The highest BCUT2D eigenvalue weighted by molar-refractivity contribution is 5.90. The zero-order valence-corrected chi connectivity index (χ0v) is 29.7. The van der Waals surface area contributed by atoms with Crippen molar-refractivity contribution in [3.05, 3.63) is 131 Å². The highest BCUT2D eigenvalue weighted by atomic mass is 16.5. The first-order valence-corrected chi connectivity index (χ1v) is 17.5. The molecule has 0 saturated heterocycles. The number of carbonyl (C=O) groups excluding carboxylic acids is 2. The van der Waals surface area contributed by atoms with Crippen molar-refractivity contribution in [1.29, 1.82) is 0 Å². The van der Waals surface area contributed by atoms with Gasteiger partial charge in [0.1, 0.15) is 17.8 Å². The summed E-state index contributed by atoms with van der Waals surface area (Å²) in [4.78, 5) is 43.6. The molecule has 2 amide bonds. The second-order valence-corrected chi connectivity index (χ2v) is 13.2. The average Bonchev–Trinajstić information content (AvgIpc) is 3.93. The number of aryl methyl sites for hydroxylation is 3. The summed E-state index contributed by atoms with van der Waals surface area (Å²) in [5, 5.41) is 20.3. The Hall–Kier alpha value is -6.28. The summed E-state index contributed by atoms with van der Waals surface area (Å²) in [7, 11) is 0. The van der Waals surface area contributed by atoms with Crippen molar-refractivity contribution in [2.75, 3.05) is 5.73 Å². The number of aromatic nitrogens is 6. The van der Waals surface area contributed by atoms with Gasteiger partial charge < -0.3 is 41.3 Å². The molecule has 14 heteroatoms. The van der Waals surface area contributed by atoms with Crippen molar-refractivity contribution < 1.29 is 19.2 Å². The first-order chi connectivity index (χ1) is 25.6. The van der Waals surface area contributed by atoms with Gasteiger partial charge in [0.25, 0.3) is 0 Å². The number of nitrogen functional groups attached to an aromatic ring is 1. The SMILES string of the molecule is Cc1cc(O)cc(C)c1C[C@H](NC(=O)[C@H](N)CCCn1ccnc1N)C(=O)N[C@@H](Cc1c[nH]cn1)c1nc(Cc2ccc(-c3ccccc3)cc2)no1. The van der Waals surface area contributed by atoms with Gasteiger partial charge in [-0.05, 0) is 72.2 Å². The van der Waals surface area contributed by atoms with Crippen LogP contribution in [0.2, 0.25) is 0 Å². The third kappa shape index (κ3) is 9.54. The van der Waals surface area contributed by atoms with Gasteiger partial charge >= 0.3 is 0 Å². The summed E-state index contributed by atoms with van der Waals surface area (Å²) >= 11 is 0. The first-order valence-electron chi connectivity index (χ1n) is 17.5. The number of phenolic OH excluding ortho intramolecular Hbond substituents is 1. The highest BCUT2D eigenvalue weighted by Crippen LogP contribution is 2.24. The topological polar surface area (TPSA) is 216 Å². The number of carbonyl (C=O) groups is 2. The van der Waals surface area contributed by atoms with Gasteiger partial charge in [-0.15, -0.1) is 0 Å². The molecule has 0 radical (unpaired) electrons. The summed E-state index contributed by atoms with van der Waals surface area (Å²) in [6, 6.07) is 18.9. The molecule has 6 rings (SSSR count). The van der Waals surface area contributed by atoms with Crippen LogP contribution >= 0.6 is 0 Å². The molecule has 3 aromatic carbocycles. The number of nitrogens with zero attached hydrogens (tertiary/aromatic N) is 5. The highest BCUT2D eigenvalue weighted by Gasteiger charge is 2.30. The molecule has 0 aliphatic carbocycles. The maximum absolute atomic E-state index is 14.2. The third-order valence-electron chi connectivity index (χ3n) is 9.21. The second-order valence-electron chi connectivity index (χ2n) is 13.2. The molecule has 0 spiro atoms. The largest absolute Gasteiger partial charge is 0.508 e. The third-order valence-corrected chi connectivity index (χ3v) is 9.21. The average molecular weight is 717 g/mol. The molecule has 3 heterocycles. The Kier molecular flexibility index (Phi) is 11.6. The van der Waals surface area contributed by atoms with Crippen LogP contribution in [0.15, 0.2) is 96.2 Å². The molecule has 8 N–H and O–H groups in total. The standard InChI is InChI=1S/C39H44N10O4/c1-24-17-30(50)18-25(2)31(24)21-33(45-36(51)32(40)9-6-15-49-16-14-43-39(49)41)37(52)46-34(20-29-22-42-23-44-29)38-47-35(48-53-38)19-26-10-12-28(13-11-26)27-7-4-3-5-8-27/h3-5,7-8,10-14,16-18,22-23,32-34,50H,6,9,15,19-21,40H2,1-2H3,(H2,41,43)(H,42,44)(H,45,51)(H,46,52)/t32-,33+,34+/m1/s1. The van der Waals surface area contributed by atoms with Crippen molar-refractivity contribution in [2.24, 2.45) is 5.73 Å². The molecule has 0 aliphatic heterocycles. The molecule has 0 saturated carbocycles. The van der Waals surface area contributed by atoms with E-state index in [9.17, 15) is 14.7 Å². The molecule has 53 heavy (non-hydrogen) atoms. The molecule has 274 valence electrons. The summed E-state index contributed by atoms with van der Waals surface area (Å²) in [5.41, 5.74) is 18.5. The fourth-order valence-corrected chi connectivity index (χ4v) is 6.32. The number of rotatable bonds is 16. The van der Waals surface area contributed by atoms with E-state index in [1.54, 1.807) is 41.6 Å². The van der Waals surface area contributed by atoms with Crippen molar-refractivity contribution in [1.82, 2.24) is 40.3 Å². The molecular weight excluding hydrogens is 672 g/mol. The number of hydrogen-bond acceptors (Lipinski definition) is 10. The fraction of sp³-hybridized carbons (Fsp3) is 0.282. The number of nitrogens with one attached hydrogen (secondary N) is 3. The van der Waals surface area contributed by atoms with Crippen LogP contribution in [0.25, 0.3) is 11.1 Å². The Morgan fingerprint density at radius 2 is 1.70 bits per heavy atom. The molecule has 0 aliphatic rings. The number of anilines is 1. The van der Waals surface area contributed by atoms with E-state index in [4.69, 9.17) is 16.0 Å². The van der Waals surface area contributed by atoms with E-state index in [-0.39, 0.29) is 24.5 Å². The van der Waals surface area contributed by atoms with Gasteiger partial charge in [-0.3, -0.25) is 9.59 Å². The zero-order chi connectivity index (χ0) is 37.3. The number of imidazole rings is 2. The van der Waals surface area contributed by atoms with E-state index < -0.39 is 29.9 Å². The van der Waals surface area contributed by atoms with Gasteiger partial charge in [0.2, 0.25) is 17.7 Å². The Balaban J connectivity index is 1.19. The molecule has 14 nitrogen and oxygen atoms in total. The fourth-order valence-electron chi connectivity index (χ4n) is 6.32. The number of benzene rings is 3. The lowest BCUT2D eigenvalue weighted by molar-refractivity contribution is -0.130. The van der Waals surface area contributed by atoms with Crippen LogP contribution in [0, 0.1) is 13.8 Å². The Labute approximate surface area is 307 Å². The second kappa shape index (κ2) is 16.8. The minimum atomic E-state index is -1.02. The van der Waals surface area contributed by atoms with Crippen molar-refractivity contribution >= 4 is 17.8 Å². The van der Waals surface area contributed by atoms with Gasteiger partial charge in [-0.2, -0.15) is 4.98 Å². The van der Waals surface area contributed by atoms with Crippen LogP contribution in [0.3, 0.4) is 0 Å². The number of aromatic amines is 1. The zero-order valence-electron chi connectivity index (χ0n) is 29.7. The van der Waals surface area contributed by atoms with Crippen molar-refractivity contribution in [3.8, 4) is 16.9 Å². The maximum atomic E-state index is 14.2. The summed E-state index contributed by atoms with van der Waals surface area (Å²) in [6.45, 7) is 4.24. The van der Waals surface area contributed by atoms with Crippen LogP contribution < -0.4 is 22.1 Å². The lowest BCUT2D eigenvalue weighted by atomic mass is 9.95. The van der Waals surface area contributed by atoms with E-state index in [0.29, 0.717) is 43.3 Å². The minimum Gasteiger partial charge on any atom is -0.508 e. The lowest BCUT2D eigenvalue weighted by Crippen LogP contribution is -2.53. The normalized spacial score (nSPS) is 13.0. The predicted octanol–water partition coefficient (Wildman–Crippen LogP) is 4.09. The van der Waals surface area contributed by atoms with Crippen molar-refractivity contribution in [3.63, 3.8) is 0 Å². The molecule has 3 atom stereocenters. The Morgan fingerprint density at radius 1 is 0.962 bits per heavy atom. The summed E-state index contributed by atoms with van der Waals surface area (Å²) in [6.07, 6.45) is 8.40. The van der Waals surface area contributed by atoms with Gasteiger partial charge in [-0.25, -0.2) is 9.97 Å². The van der Waals surface area contributed by atoms with E-state index in [1.807, 2.05) is 44.2 Å².